The van der Waals surface area contributed by atoms with E-state index >= 15 is 0 Å². The third-order valence-electron chi connectivity index (χ3n) is 4.68. The van der Waals surface area contributed by atoms with Crippen LogP contribution in [0.25, 0.3) is 11.1 Å². The molecule has 7 nitrogen and oxygen atoms in total. The largest absolute Gasteiger partial charge is 0.442 e. The molecule has 0 spiro atoms. The molecule has 0 bridgehead atoms. The van der Waals surface area contributed by atoms with Crippen molar-refractivity contribution in [3.8, 4) is 0 Å². The van der Waals surface area contributed by atoms with Crippen LogP contribution in [0.1, 0.15) is 46.1 Å². The fraction of sp³-hybridized carbons (Fsp3) is 0.278. The summed E-state index contributed by atoms with van der Waals surface area (Å²) in [4.78, 5) is 31.4. The molecular formula is C18H19ClN4O3. The van der Waals surface area contributed by atoms with Crippen LogP contribution in [0.2, 0.25) is 0 Å². The zero-order valence-electron chi connectivity index (χ0n) is 14.2. The van der Waals surface area contributed by atoms with Crippen molar-refractivity contribution in [2.75, 3.05) is 5.73 Å². The average molecular weight is 375 g/mol. The highest BCUT2D eigenvalue weighted by molar-refractivity contribution is 6.06. The molecule has 1 atom stereocenters. The number of furan rings is 1. The van der Waals surface area contributed by atoms with Gasteiger partial charge in [-0.25, -0.2) is 4.98 Å². The van der Waals surface area contributed by atoms with E-state index in [-0.39, 0.29) is 46.6 Å². The minimum Gasteiger partial charge on any atom is -0.442 e. The molecule has 4 rings (SSSR count). The van der Waals surface area contributed by atoms with Gasteiger partial charge in [-0.15, -0.1) is 12.4 Å². The van der Waals surface area contributed by atoms with Crippen molar-refractivity contribution in [2.45, 2.75) is 32.2 Å². The quantitative estimate of drug-likeness (QED) is 0.596. The molecule has 8 heteroatoms. The minimum atomic E-state index is -0.385. The first-order chi connectivity index (χ1) is 12.0. The van der Waals surface area contributed by atoms with E-state index in [1.807, 2.05) is 18.2 Å². The SMILES string of the molecule is Cc1oc2nc[nH]c(=O)c2c1C(=O)NC1CCCc2cc(N)ccc21.Cl. The second-order valence-electron chi connectivity index (χ2n) is 6.32. The predicted octanol–water partition coefficient (Wildman–Crippen LogP) is 2.64. The van der Waals surface area contributed by atoms with Gasteiger partial charge in [0.05, 0.1) is 17.9 Å². The zero-order chi connectivity index (χ0) is 17.6. The molecule has 2 heterocycles. The van der Waals surface area contributed by atoms with E-state index in [0.717, 1.165) is 36.1 Å². The Morgan fingerprint density at radius 1 is 1.42 bits per heavy atom. The van der Waals surface area contributed by atoms with E-state index in [1.165, 1.54) is 6.33 Å². The molecule has 1 aliphatic carbocycles. The number of fused-ring (bicyclic) bond motifs is 2. The molecule has 1 amide bonds. The Morgan fingerprint density at radius 3 is 3.04 bits per heavy atom. The fourth-order valence-corrected chi connectivity index (χ4v) is 3.54. The number of benzene rings is 1. The molecule has 0 fully saturated rings. The van der Waals surface area contributed by atoms with Crippen molar-refractivity contribution in [3.05, 3.63) is 57.3 Å². The highest BCUT2D eigenvalue weighted by atomic mass is 35.5. The number of amides is 1. The number of hydrogen-bond acceptors (Lipinski definition) is 5. The van der Waals surface area contributed by atoms with Gasteiger partial charge in [-0.05, 0) is 49.4 Å². The lowest BCUT2D eigenvalue weighted by Crippen LogP contribution is -2.31. The number of halogens is 1. The lowest BCUT2D eigenvalue weighted by molar-refractivity contribution is 0.0932. The molecule has 1 aliphatic rings. The van der Waals surface area contributed by atoms with E-state index < -0.39 is 0 Å². The molecule has 1 unspecified atom stereocenters. The Kier molecular flexibility index (Phi) is 4.73. The number of anilines is 1. The van der Waals surface area contributed by atoms with Crippen LogP contribution < -0.4 is 16.6 Å². The van der Waals surface area contributed by atoms with Gasteiger partial charge in [0.2, 0.25) is 5.71 Å². The molecule has 0 radical (unpaired) electrons. The van der Waals surface area contributed by atoms with E-state index in [2.05, 4.69) is 15.3 Å². The number of carbonyl (C=O) groups is 1. The van der Waals surface area contributed by atoms with Gasteiger partial charge < -0.3 is 20.5 Å². The number of aromatic amines is 1. The number of aromatic nitrogens is 2. The van der Waals surface area contributed by atoms with E-state index in [1.54, 1.807) is 6.92 Å². The van der Waals surface area contributed by atoms with Crippen LogP contribution in [-0.2, 0) is 6.42 Å². The number of H-pyrrole nitrogens is 1. The van der Waals surface area contributed by atoms with Crippen LogP contribution in [0.4, 0.5) is 5.69 Å². The van der Waals surface area contributed by atoms with Gasteiger partial charge in [-0.2, -0.15) is 0 Å². The first kappa shape index (κ1) is 18.0. The number of nitrogen functional groups attached to an aromatic ring is 1. The monoisotopic (exact) mass is 374 g/mol. The second kappa shape index (κ2) is 6.84. The first-order valence-electron chi connectivity index (χ1n) is 8.20. The fourth-order valence-electron chi connectivity index (χ4n) is 3.54. The van der Waals surface area contributed by atoms with Gasteiger partial charge >= 0.3 is 0 Å². The van der Waals surface area contributed by atoms with Crippen LogP contribution in [0.5, 0.6) is 0 Å². The van der Waals surface area contributed by atoms with Gasteiger partial charge in [0.25, 0.3) is 11.5 Å². The maximum Gasteiger partial charge on any atom is 0.262 e. The Balaban J connectivity index is 0.00000196. The smallest absolute Gasteiger partial charge is 0.262 e. The van der Waals surface area contributed by atoms with Crippen LogP contribution in [0, 0.1) is 6.92 Å². The van der Waals surface area contributed by atoms with E-state index in [4.69, 9.17) is 10.2 Å². The molecule has 26 heavy (non-hydrogen) atoms. The lowest BCUT2D eigenvalue weighted by Gasteiger charge is -2.26. The number of rotatable bonds is 2. The lowest BCUT2D eigenvalue weighted by atomic mass is 9.87. The second-order valence-corrected chi connectivity index (χ2v) is 6.32. The van der Waals surface area contributed by atoms with Crippen molar-refractivity contribution in [1.29, 1.82) is 0 Å². The number of nitrogens with zero attached hydrogens (tertiary/aromatic N) is 1. The number of aryl methyl sites for hydroxylation is 2. The summed E-state index contributed by atoms with van der Waals surface area (Å²) in [7, 11) is 0. The number of nitrogens with two attached hydrogens (primary N) is 1. The number of carbonyl (C=O) groups excluding carboxylic acids is 1. The maximum absolute atomic E-state index is 12.9. The van der Waals surface area contributed by atoms with Crippen LogP contribution in [0.15, 0.2) is 33.7 Å². The van der Waals surface area contributed by atoms with E-state index in [0.29, 0.717) is 5.76 Å². The molecule has 1 aromatic carbocycles. The summed E-state index contributed by atoms with van der Waals surface area (Å²) in [6, 6.07) is 5.65. The summed E-state index contributed by atoms with van der Waals surface area (Å²) in [5.41, 5.74) is 8.84. The highest BCUT2D eigenvalue weighted by Crippen LogP contribution is 2.31. The van der Waals surface area contributed by atoms with Crippen molar-refractivity contribution < 1.29 is 9.21 Å². The topological polar surface area (TPSA) is 114 Å². The zero-order valence-corrected chi connectivity index (χ0v) is 15.0. The van der Waals surface area contributed by atoms with Crippen molar-refractivity contribution >= 4 is 35.1 Å². The Bertz CT molecular complexity index is 1040. The summed E-state index contributed by atoms with van der Waals surface area (Å²) in [6.07, 6.45) is 4.02. The van der Waals surface area contributed by atoms with Gasteiger partial charge in [0, 0.05) is 5.69 Å². The van der Waals surface area contributed by atoms with E-state index in [9.17, 15) is 9.59 Å². The molecule has 0 aliphatic heterocycles. The molecular weight excluding hydrogens is 356 g/mol. The molecule has 136 valence electrons. The third-order valence-corrected chi connectivity index (χ3v) is 4.68. The summed E-state index contributed by atoms with van der Waals surface area (Å²) < 4.78 is 5.47. The molecule has 2 aromatic heterocycles. The normalized spacial score (nSPS) is 16.0. The maximum atomic E-state index is 12.9. The predicted molar refractivity (Wildman–Crippen MR) is 101 cm³/mol. The number of nitrogens with one attached hydrogen (secondary N) is 2. The summed E-state index contributed by atoms with van der Waals surface area (Å²) in [5, 5.41) is 3.22. The Morgan fingerprint density at radius 2 is 2.23 bits per heavy atom. The minimum absolute atomic E-state index is 0. The van der Waals surface area contributed by atoms with Crippen molar-refractivity contribution in [1.82, 2.24) is 15.3 Å². The van der Waals surface area contributed by atoms with Gasteiger partial charge in [-0.1, -0.05) is 6.07 Å². The average Bonchev–Trinajstić information content (AvgIpc) is 2.92. The van der Waals surface area contributed by atoms with Gasteiger partial charge in [0.15, 0.2) is 0 Å². The van der Waals surface area contributed by atoms with Crippen molar-refractivity contribution in [2.24, 2.45) is 0 Å². The molecule has 4 N–H and O–H groups in total. The summed E-state index contributed by atoms with van der Waals surface area (Å²) in [5.74, 6) is 0.0504. The van der Waals surface area contributed by atoms with Crippen molar-refractivity contribution in [3.63, 3.8) is 0 Å². The van der Waals surface area contributed by atoms with Crippen LogP contribution in [-0.4, -0.2) is 15.9 Å². The molecule has 0 saturated carbocycles. The highest BCUT2D eigenvalue weighted by Gasteiger charge is 2.26. The summed E-state index contributed by atoms with van der Waals surface area (Å²) in [6.45, 7) is 1.66. The Labute approximate surface area is 155 Å². The molecule has 3 aromatic rings. The van der Waals surface area contributed by atoms with Crippen LogP contribution in [0.3, 0.4) is 0 Å². The summed E-state index contributed by atoms with van der Waals surface area (Å²) >= 11 is 0. The third kappa shape index (κ3) is 2.94. The number of hydrogen-bond donors (Lipinski definition) is 3. The first-order valence-corrected chi connectivity index (χ1v) is 8.20. The molecule has 0 saturated heterocycles. The van der Waals surface area contributed by atoms with Gasteiger partial charge in [-0.3, -0.25) is 9.59 Å². The standard InChI is InChI=1S/C18H18N4O3.ClH/c1-9-14(15-16(23)20-8-21-18(15)25-9)17(24)22-13-4-2-3-10-7-11(19)5-6-12(10)13;/h5-8,13H,2-4,19H2,1H3,(H,22,24)(H,20,21,23);1H. The van der Waals surface area contributed by atoms with Crippen LogP contribution >= 0.6 is 12.4 Å². The Hall–Kier alpha value is -2.80. The van der Waals surface area contributed by atoms with Gasteiger partial charge in [0.1, 0.15) is 11.1 Å².